The van der Waals surface area contributed by atoms with Crippen LogP contribution in [0.3, 0.4) is 0 Å². The van der Waals surface area contributed by atoms with Gasteiger partial charge in [-0.05, 0) is 17.4 Å². The van der Waals surface area contributed by atoms with Crippen LogP contribution in [0.4, 0.5) is 0 Å². The van der Waals surface area contributed by atoms with Gasteiger partial charge >= 0.3 is 0 Å². The fourth-order valence-corrected chi connectivity index (χ4v) is 1.61. The van der Waals surface area contributed by atoms with E-state index in [2.05, 4.69) is 38.2 Å². The Morgan fingerprint density at radius 3 is 2.38 bits per heavy atom. The lowest BCUT2D eigenvalue weighted by atomic mass is 10.0. The molecule has 0 fully saturated rings. The zero-order valence-electron chi connectivity index (χ0n) is 10.4. The van der Waals surface area contributed by atoms with Crippen LogP contribution in [0, 0.1) is 5.92 Å². The standard InChI is InChI=1S/C14H21NO/c1-11(2)9-14(16)15-10-12(3)13-7-5-4-6-8-13/h4-8,11-12H,9-10H2,1-3H3,(H,15,16). The Balaban J connectivity index is 2.36. The van der Waals surface area contributed by atoms with Gasteiger partial charge in [-0.3, -0.25) is 4.79 Å². The number of carbonyl (C=O) groups is 1. The van der Waals surface area contributed by atoms with Gasteiger partial charge in [0.2, 0.25) is 5.91 Å². The monoisotopic (exact) mass is 219 g/mol. The maximum absolute atomic E-state index is 11.5. The molecule has 0 spiro atoms. The van der Waals surface area contributed by atoms with Gasteiger partial charge in [0, 0.05) is 13.0 Å². The highest BCUT2D eigenvalue weighted by Crippen LogP contribution is 2.13. The minimum absolute atomic E-state index is 0.151. The summed E-state index contributed by atoms with van der Waals surface area (Å²) in [5, 5.41) is 2.97. The lowest BCUT2D eigenvalue weighted by Gasteiger charge is -2.13. The van der Waals surface area contributed by atoms with Crippen molar-refractivity contribution in [2.24, 2.45) is 5.92 Å². The number of carbonyl (C=O) groups excluding carboxylic acids is 1. The molecule has 1 amide bonds. The number of hydrogen-bond donors (Lipinski definition) is 1. The molecule has 0 saturated heterocycles. The van der Waals surface area contributed by atoms with Crippen LogP contribution < -0.4 is 5.32 Å². The van der Waals surface area contributed by atoms with Gasteiger partial charge in [0.25, 0.3) is 0 Å². The van der Waals surface area contributed by atoms with Crippen LogP contribution in [0.1, 0.15) is 38.7 Å². The summed E-state index contributed by atoms with van der Waals surface area (Å²) in [6.45, 7) is 6.96. The molecule has 0 radical (unpaired) electrons. The predicted molar refractivity (Wildman–Crippen MR) is 67.3 cm³/mol. The van der Waals surface area contributed by atoms with E-state index in [4.69, 9.17) is 0 Å². The lowest BCUT2D eigenvalue weighted by molar-refractivity contribution is -0.121. The molecule has 0 aliphatic rings. The van der Waals surface area contributed by atoms with E-state index in [1.807, 2.05) is 18.2 Å². The van der Waals surface area contributed by atoms with E-state index in [9.17, 15) is 4.79 Å². The fraction of sp³-hybridized carbons (Fsp3) is 0.500. The molecule has 1 aromatic rings. The smallest absolute Gasteiger partial charge is 0.220 e. The summed E-state index contributed by atoms with van der Waals surface area (Å²) in [6.07, 6.45) is 0.613. The molecule has 0 bridgehead atoms. The zero-order valence-corrected chi connectivity index (χ0v) is 10.4. The molecule has 1 N–H and O–H groups in total. The van der Waals surface area contributed by atoms with Crippen molar-refractivity contribution in [1.82, 2.24) is 5.32 Å². The molecule has 2 heteroatoms. The summed E-state index contributed by atoms with van der Waals surface area (Å²) in [7, 11) is 0. The SMILES string of the molecule is CC(C)CC(=O)NCC(C)c1ccccc1. The molecule has 2 nitrogen and oxygen atoms in total. The molecule has 1 aromatic carbocycles. The van der Waals surface area contributed by atoms with Crippen molar-refractivity contribution in [3.05, 3.63) is 35.9 Å². The van der Waals surface area contributed by atoms with Gasteiger partial charge < -0.3 is 5.32 Å². The first-order valence-corrected chi connectivity index (χ1v) is 5.91. The van der Waals surface area contributed by atoms with Crippen molar-refractivity contribution in [2.45, 2.75) is 33.1 Å². The summed E-state index contributed by atoms with van der Waals surface area (Å²) >= 11 is 0. The van der Waals surface area contributed by atoms with Gasteiger partial charge in [-0.25, -0.2) is 0 Å². The summed E-state index contributed by atoms with van der Waals surface area (Å²) < 4.78 is 0. The van der Waals surface area contributed by atoms with E-state index < -0.39 is 0 Å². The van der Waals surface area contributed by atoms with Crippen LogP contribution in [0.2, 0.25) is 0 Å². The van der Waals surface area contributed by atoms with E-state index >= 15 is 0 Å². The average molecular weight is 219 g/mol. The molecule has 1 atom stereocenters. The topological polar surface area (TPSA) is 29.1 Å². The second-order valence-corrected chi connectivity index (χ2v) is 4.71. The first-order valence-electron chi connectivity index (χ1n) is 5.91. The third-order valence-electron chi connectivity index (χ3n) is 2.57. The molecule has 0 saturated carbocycles. The Kier molecular flexibility index (Phi) is 5.03. The number of rotatable bonds is 5. The van der Waals surface area contributed by atoms with Crippen molar-refractivity contribution in [1.29, 1.82) is 0 Å². The number of benzene rings is 1. The van der Waals surface area contributed by atoms with Gasteiger partial charge in [0.15, 0.2) is 0 Å². The van der Waals surface area contributed by atoms with Gasteiger partial charge in [-0.2, -0.15) is 0 Å². The molecule has 0 aliphatic heterocycles. The summed E-state index contributed by atoms with van der Waals surface area (Å²) in [5.74, 6) is 0.946. The van der Waals surface area contributed by atoms with E-state index in [1.165, 1.54) is 5.56 Å². The molecule has 88 valence electrons. The highest BCUT2D eigenvalue weighted by molar-refractivity contribution is 5.76. The Morgan fingerprint density at radius 1 is 1.19 bits per heavy atom. The van der Waals surface area contributed by atoms with Gasteiger partial charge in [-0.15, -0.1) is 0 Å². The normalized spacial score (nSPS) is 12.5. The first-order chi connectivity index (χ1) is 7.59. The van der Waals surface area contributed by atoms with Gasteiger partial charge in [0.1, 0.15) is 0 Å². The van der Waals surface area contributed by atoms with E-state index in [0.29, 0.717) is 18.3 Å². The number of nitrogens with one attached hydrogen (secondary N) is 1. The maximum Gasteiger partial charge on any atom is 0.220 e. The van der Waals surface area contributed by atoms with E-state index in [1.54, 1.807) is 0 Å². The molecule has 0 heterocycles. The minimum Gasteiger partial charge on any atom is -0.355 e. The highest BCUT2D eigenvalue weighted by Gasteiger charge is 2.08. The van der Waals surface area contributed by atoms with Crippen molar-refractivity contribution in [2.75, 3.05) is 6.54 Å². The first kappa shape index (κ1) is 12.8. The third-order valence-corrected chi connectivity index (χ3v) is 2.57. The van der Waals surface area contributed by atoms with Crippen molar-refractivity contribution in [3.8, 4) is 0 Å². The third kappa shape index (κ3) is 4.47. The Morgan fingerprint density at radius 2 is 1.81 bits per heavy atom. The Hall–Kier alpha value is -1.31. The minimum atomic E-state index is 0.151. The quantitative estimate of drug-likeness (QED) is 0.810. The average Bonchev–Trinajstić information content (AvgIpc) is 2.26. The molecular weight excluding hydrogens is 198 g/mol. The van der Waals surface area contributed by atoms with E-state index in [0.717, 1.165) is 6.54 Å². The van der Waals surface area contributed by atoms with Crippen molar-refractivity contribution >= 4 is 5.91 Å². The second kappa shape index (κ2) is 6.31. The largest absolute Gasteiger partial charge is 0.355 e. The molecule has 1 unspecified atom stereocenters. The Bertz CT molecular complexity index is 319. The molecule has 16 heavy (non-hydrogen) atoms. The maximum atomic E-state index is 11.5. The lowest BCUT2D eigenvalue weighted by Crippen LogP contribution is -2.28. The van der Waals surface area contributed by atoms with Crippen LogP contribution in [-0.4, -0.2) is 12.5 Å². The molecule has 1 rings (SSSR count). The molecular formula is C14H21NO. The summed E-state index contributed by atoms with van der Waals surface area (Å²) in [5.41, 5.74) is 1.27. The van der Waals surface area contributed by atoms with Gasteiger partial charge in [-0.1, -0.05) is 51.1 Å². The number of hydrogen-bond acceptors (Lipinski definition) is 1. The summed E-state index contributed by atoms with van der Waals surface area (Å²) in [6, 6.07) is 10.3. The van der Waals surface area contributed by atoms with Crippen LogP contribution in [0.15, 0.2) is 30.3 Å². The van der Waals surface area contributed by atoms with E-state index in [-0.39, 0.29) is 5.91 Å². The van der Waals surface area contributed by atoms with Crippen LogP contribution >= 0.6 is 0 Å². The van der Waals surface area contributed by atoms with Crippen LogP contribution in [-0.2, 0) is 4.79 Å². The predicted octanol–water partition coefficient (Wildman–Crippen LogP) is 2.95. The fourth-order valence-electron chi connectivity index (χ4n) is 1.61. The second-order valence-electron chi connectivity index (χ2n) is 4.71. The Labute approximate surface area is 98.1 Å². The van der Waals surface area contributed by atoms with Crippen LogP contribution in [0.25, 0.3) is 0 Å². The summed E-state index contributed by atoms with van der Waals surface area (Å²) in [4.78, 5) is 11.5. The molecule has 0 aliphatic carbocycles. The van der Waals surface area contributed by atoms with Crippen molar-refractivity contribution in [3.63, 3.8) is 0 Å². The zero-order chi connectivity index (χ0) is 12.0. The van der Waals surface area contributed by atoms with Gasteiger partial charge in [0.05, 0.1) is 0 Å². The van der Waals surface area contributed by atoms with Crippen molar-refractivity contribution < 1.29 is 4.79 Å². The molecule has 0 aromatic heterocycles. The number of amides is 1. The highest BCUT2D eigenvalue weighted by atomic mass is 16.1. The van der Waals surface area contributed by atoms with Crippen LogP contribution in [0.5, 0.6) is 0 Å².